The van der Waals surface area contributed by atoms with E-state index in [-0.39, 0.29) is 22.4 Å². The highest BCUT2D eigenvalue weighted by atomic mass is 79.9. The van der Waals surface area contributed by atoms with Crippen molar-refractivity contribution < 1.29 is 13.9 Å². The standard InChI is InChI=1S/C9H8BrFO2/c1-13-8-4-2-3-6(9(8)11)7(12)5-10/h2-4H,5H2,1H3. The van der Waals surface area contributed by atoms with Gasteiger partial charge in [0.25, 0.3) is 0 Å². The van der Waals surface area contributed by atoms with Crippen molar-refractivity contribution in [2.24, 2.45) is 0 Å². The third-order valence-electron chi connectivity index (χ3n) is 1.60. The van der Waals surface area contributed by atoms with Gasteiger partial charge < -0.3 is 4.74 Å². The first-order valence-corrected chi connectivity index (χ1v) is 4.74. The van der Waals surface area contributed by atoms with E-state index < -0.39 is 5.82 Å². The number of halogens is 2. The average molecular weight is 247 g/mol. The Labute approximate surface area is 83.8 Å². The Kier molecular flexibility index (Phi) is 3.42. The van der Waals surface area contributed by atoms with Crippen molar-refractivity contribution in [2.45, 2.75) is 0 Å². The highest BCUT2D eigenvalue weighted by Gasteiger charge is 2.13. The highest BCUT2D eigenvalue weighted by Crippen LogP contribution is 2.20. The zero-order valence-electron chi connectivity index (χ0n) is 7.01. The van der Waals surface area contributed by atoms with Crippen LogP contribution in [0.15, 0.2) is 18.2 Å². The number of benzene rings is 1. The molecule has 1 aromatic carbocycles. The van der Waals surface area contributed by atoms with Gasteiger partial charge in [-0.3, -0.25) is 4.79 Å². The van der Waals surface area contributed by atoms with E-state index in [9.17, 15) is 9.18 Å². The molecule has 0 aliphatic carbocycles. The number of carbonyl (C=O) groups excluding carboxylic acids is 1. The number of hydrogen-bond acceptors (Lipinski definition) is 2. The number of hydrogen-bond donors (Lipinski definition) is 0. The molecule has 13 heavy (non-hydrogen) atoms. The van der Waals surface area contributed by atoms with Crippen LogP contribution < -0.4 is 4.74 Å². The maximum atomic E-state index is 13.3. The van der Waals surface area contributed by atoms with Gasteiger partial charge in [0.15, 0.2) is 17.3 Å². The van der Waals surface area contributed by atoms with Crippen molar-refractivity contribution >= 4 is 21.7 Å². The third-order valence-corrected chi connectivity index (χ3v) is 2.11. The molecule has 70 valence electrons. The van der Waals surface area contributed by atoms with Gasteiger partial charge in [-0.1, -0.05) is 22.0 Å². The van der Waals surface area contributed by atoms with Crippen molar-refractivity contribution in [1.82, 2.24) is 0 Å². The maximum Gasteiger partial charge on any atom is 0.176 e. The van der Waals surface area contributed by atoms with Gasteiger partial charge in [0.2, 0.25) is 0 Å². The lowest BCUT2D eigenvalue weighted by Crippen LogP contribution is -2.04. The van der Waals surface area contributed by atoms with E-state index in [1.165, 1.54) is 19.2 Å². The van der Waals surface area contributed by atoms with E-state index in [0.29, 0.717) is 0 Å². The van der Waals surface area contributed by atoms with Crippen LogP contribution in [0.25, 0.3) is 0 Å². The third kappa shape index (κ3) is 2.06. The van der Waals surface area contributed by atoms with Gasteiger partial charge in [-0.15, -0.1) is 0 Å². The van der Waals surface area contributed by atoms with E-state index in [0.717, 1.165) is 0 Å². The quantitative estimate of drug-likeness (QED) is 0.605. The summed E-state index contributed by atoms with van der Waals surface area (Å²) in [7, 11) is 1.36. The smallest absolute Gasteiger partial charge is 0.176 e. The van der Waals surface area contributed by atoms with Crippen molar-refractivity contribution in [3.05, 3.63) is 29.6 Å². The van der Waals surface area contributed by atoms with E-state index in [1.807, 2.05) is 0 Å². The van der Waals surface area contributed by atoms with Crippen LogP contribution in [0.4, 0.5) is 4.39 Å². The van der Waals surface area contributed by atoms with Gasteiger partial charge in [0.05, 0.1) is 18.0 Å². The number of rotatable bonds is 3. The summed E-state index contributed by atoms with van der Waals surface area (Å²) < 4.78 is 18.1. The van der Waals surface area contributed by atoms with Gasteiger partial charge in [0.1, 0.15) is 0 Å². The lowest BCUT2D eigenvalue weighted by Gasteiger charge is -2.04. The first-order chi connectivity index (χ1) is 6.20. The van der Waals surface area contributed by atoms with Crippen LogP contribution in [0.1, 0.15) is 10.4 Å². The Morgan fingerprint density at radius 1 is 1.62 bits per heavy atom. The zero-order valence-corrected chi connectivity index (χ0v) is 8.60. The first kappa shape index (κ1) is 10.2. The van der Waals surface area contributed by atoms with E-state index in [4.69, 9.17) is 4.74 Å². The minimum absolute atomic E-state index is 0.0521. The second kappa shape index (κ2) is 4.37. The number of ether oxygens (including phenoxy) is 1. The Hall–Kier alpha value is -0.900. The molecule has 0 heterocycles. The summed E-state index contributed by atoms with van der Waals surface area (Å²) in [5.74, 6) is -0.808. The number of Topliss-reactive ketones (excluding diaryl/α,β-unsaturated/α-hetero) is 1. The molecule has 0 amide bonds. The van der Waals surface area contributed by atoms with E-state index in [2.05, 4.69) is 15.9 Å². The molecule has 4 heteroatoms. The summed E-state index contributed by atoms with van der Waals surface area (Å²) in [6, 6.07) is 4.49. The largest absolute Gasteiger partial charge is 0.494 e. The van der Waals surface area contributed by atoms with Gasteiger partial charge in [-0.05, 0) is 12.1 Å². The molecule has 0 bridgehead atoms. The molecule has 0 atom stereocenters. The highest BCUT2D eigenvalue weighted by molar-refractivity contribution is 9.09. The van der Waals surface area contributed by atoms with Crippen LogP contribution in [0.2, 0.25) is 0 Å². The van der Waals surface area contributed by atoms with Gasteiger partial charge in [0, 0.05) is 0 Å². The van der Waals surface area contributed by atoms with Crippen LogP contribution in [0, 0.1) is 5.82 Å². The lowest BCUT2D eigenvalue weighted by molar-refractivity contribution is 0.101. The van der Waals surface area contributed by atoms with E-state index >= 15 is 0 Å². The van der Waals surface area contributed by atoms with Crippen molar-refractivity contribution in [3.63, 3.8) is 0 Å². The van der Waals surface area contributed by atoms with Crippen molar-refractivity contribution in [1.29, 1.82) is 0 Å². The molecule has 0 aromatic heterocycles. The number of ketones is 1. The molecule has 0 N–H and O–H groups in total. The molecular weight excluding hydrogens is 239 g/mol. The summed E-state index contributed by atoms with van der Waals surface area (Å²) in [5, 5.41) is 0.108. The van der Waals surface area contributed by atoms with Crippen LogP contribution >= 0.6 is 15.9 Å². The van der Waals surface area contributed by atoms with Gasteiger partial charge in [-0.25, -0.2) is 4.39 Å². The number of methoxy groups -OCH3 is 1. The molecule has 0 saturated heterocycles. The van der Waals surface area contributed by atoms with Crippen LogP contribution in [0.5, 0.6) is 5.75 Å². The Balaban J connectivity index is 3.15. The molecule has 0 unspecified atom stereocenters. The van der Waals surface area contributed by atoms with E-state index in [1.54, 1.807) is 6.07 Å². The average Bonchev–Trinajstić information content (AvgIpc) is 2.17. The monoisotopic (exact) mass is 246 g/mol. The Morgan fingerprint density at radius 2 is 2.31 bits per heavy atom. The topological polar surface area (TPSA) is 26.3 Å². The molecule has 0 aliphatic rings. The molecule has 0 fully saturated rings. The number of alkyl halides is 1. The van der Waals surface area contributed by atoms with Crippen LogP contribution in [0.3, 0.4) is 0 Å². The molecular formula is C9H8BrFO2. The Morgan fingerprint density at radius 3 is 2.85 bits per heavy atom. The summed E-state index contributed by atoms with van der Waals surface area (Å²) in [6.07, 6.45) is 0. The summed E-state index contributed by atoms with van der Waals surface area (Å²) in [6.45, 7) is 0. The number of carbonyl (C=O) groups is 1. The molecule has 0 spiro atoms. The fourth-order valence-corrected chi connectivity index (χ4v) is 1.26. The summed E-state index contributed by atoms with van der Waals surface area (Å²) in [5.41, 5.74) is 0.0521. The fraction of sp³-hybridized carbons (Fsp3) is 0.222. The fourth-order valence-electron chi connectivity index (χ4n) is 0.956. The molecule has 0 radical (unpaired) electrons. The molecule has 0 aliphatic heterocycles. The molecule has 1 rings (SSSR count). The summed E-state index contributed by atoms with van der Waals surface area (Å²) in [4.78, 5) is 11.2. The zero-order chi connectivity index (χ0) is 9.84. The lowest BCUT2D eigenvalue weighted by atomic mass is 10.1. The minimum atomic E-state index is -0.602. The van der Waals surface area contributed by atoms with Crippen LogP contribution in [-0.4, -0.2) is 18.2 Å². The predicted molar refractivity (Wildman–Crippen MR) is 51.1 cm³/mol. The first-order valence-electron chi connectivity index (χ1n) is 3.62. The van der Waals surface area contributed by atoms with Gasteiger partial charge >= 0.3 is 0 Å². The molecule has 2 nitrogen and oxygen atoms in total. The molecule has 0 saturated carbocycles. The van der Waals surface area contributed by atoms with Crippen LogP contribution in [-0.2, 0) is 0 Å². The summed E-state index contributed by atoms with van der Waals surface area (Å²) >= 11 is 2.98. The maximum absolute atomic E-state index is 13.3. The Bertz CT molecular complexity index is 325. The van der Waals surface area contributed by atoms with Crippen molar-refractivity contribution in [2.75, 3.05) is 12.4 Å². The second-order valence-electron chi connectivity index (χ2n) is 2.38. The predicted octanol–water partition coefficient (Wildman–Crippen LogP) is 2.41. The molecule has 1 aromatic rings. The van der Waals surface area contributed by atoms with Gasteiger partial charge in [-0.2, -0.15) is 0 Å². The minimum Gasteiger partial charge on any atom is -0.494 e. The van der Waals surface area contributed by atoms with Crippen molar-refractivity contribution in [3.8, 4) is 5.75 Å². The normalized spacial score (nSPS) is 9.77. The second-order valence-corrected chi connectivity index (χ2v) is 2.94. The SMILES string of the molecule is COc1cccc(C(=O)CBr)c1F.